The number of rotatable bonds is 4. The van der Waals surface area contributed by atoms with Crippen LogP contribution in [-0.2, 0) is 11.2 Å². The van der Waals surface area contributed by atoms with E-state index in [2.05, 4.69) is 5.43 Å². The predicted molar refractivity (Wildman–Crippen MR) is 68.0 cm³/mol. The van der Waals surface area contributed by atoms with Crippen LogP contribution in [0.5, 0.6) is 0 Å². The standard InChI is InChI=1S/C13H15N3O/c14-12-6-2-1-5-11(12)7-8-13(17)15-16-9-3-4-10-16/h1-6,9-10H,7-8,14H2,(H,15,17). The van der Waals surface area contributed by atoms with Crippen molar-refractivity contribution in [3.63, 3.8) is 0 Å². The van der Waals surface area contributed by atoms with Gasteiger partial charge in [0.1, 0.15) is 0 Å². The van der Waals surface area contributed by atoms with Gasteiger partial charge in [-0.1, -0.05) is 18.2 Å². The van der Waals surface area contributed by atoms with Crippen LogP contribution in [0.25, 0.3) is 0 Å². The van der Waals surface area contributed by atoms with E-state index in [-0.39, 0.29) is 5.91 Å². The molecule has 1 aromatic heterocycles. The third-order valence-corrected chi connectivity index (χ3v) is 2.53. The highest BCUT2D eigenvalue weighted by Crippen LogP contribution is 2.12. The molecule has 0 fully saturated rings. The third kappa shape index (κ3) is 3.11. The number of aromatic nitrogens is 1. The molecule has 0 atom stereocenters. The summed E-state index contributed by atoms with van der Waals surface area (Å²) in [6.07, 6.45) is 4.65. The first-order valence-electron chi connectivity index (χ1n) is 5.52. The van der Waals surface area contributed by atoms with Crippen molar-refractivity contribution in [3.8, 4) is 0 Å². The molecule has 17 heavy (non-hydrogen) atoms. The second-order valence-electron chi connectivity index (χ2n) is 3.82. The van der Waals surface area contributed by atoms with Gasteiger partial charge < -0.3 is 5.73 Å². The summed E-state index contributed by atoms with van der Waals surface area (Å²) in [5, 5.41) is 0. The Morgan fingerprint density at radius 1 is 1.18 bits per heavy atom. The summed E-state index contributed by atoms with van der Waals surface area (Å²) in [5.74, 6) is -0.0237. The number of amides is 1. The molecule has 1 heterocycles. The molecule has 0 aliphatic carbocycles. The summed E-state index contributed by atoms with van der Waals surface area (Å²) in [6.45, 7) is 0. The van der Waals surface area contributed by atoms with Crippen LogP contribution in [0.3, 0.4) is 0 Å². The number of aryl methyl sites for hydroxylation is 1. The van der Waals surface area contributed by atoms with Crippen LogP contribution in [-0.4, -0.2) is 10.6 Å². The molecular weight excluding hydrogens is 214 g/mol. The van der Waals surface area contributed by atoms with E-state index in [4.69, 9.17) is 5.73 Å². The monoisotopic (exact) mass is 229 g/mol. The fourth-order valence-corrected chi connectivity index (χ4v) is 1.62. The number of nitrogens with two attached hydrogens (primary N) is 1. The van der Waals surface area contributed by atoms with Gasteiger partial charge in [0, 0.05) is 24.5 Å². The van der Waals surface area contributed by atoms with Crippen molar-refractivity contribution in [3.05, 3.63) is 54.4 Å². The number of nitrogens with one attached hydrogen (secondary N) is 1. The van der Waals surface area contributed by atoms with Crippen LogP contribution in [0.4, 0.5) is 5.69 Å². The van der Waals surface area contributed by atoms with Crippen LogP contribution in [0.1, 0.15) is 12.0 Å². The molecule has 88 valence electrons. The lowest BCUT2D eigenvalue weighted by molar-refractivity contribution is -0.117. The van der Waals surface area contributed by atoms with Gasteiger partial charge in [-0.3, -0.25) is 14.9 Å². The molecule has 2 aromatic rings. The Labute approximate surface area is 100 Å². The predicted octanol–water partition coefficient (Wildman–Crippen LogP) is 1.77. The molecule has 0 spiro atoms. The Kier molecular flexibility index (Phi) is 3.45. The molecule has 4 heteroatoms. The molecule has 3 N–H and O–H groups in total. The second-order valence-corrected chi connectivity index (χ2v) is 3.82. The lowest BCUT2D eigenvalue weighted by atomic mass is 10.1. The Hall–Kier alpha value is -2.23. The van der Waals surface area contributed by atoms with Crippen LogP contribution >= 0.6 is 0 Å². The molecule has 0 aliphatic rings. The van der Waals surface area contributed by atoms with Gasteiger partial charge in [0.2, 0.25) is 5.91 Å². The summed E-state index contributed by atoms with van der Waals surface area (Å²) in [4.78, 5) is 11.6. The number of para-hydroxylation sites is 1. The van der Waals surface area contributed by atoms with Crippen molar-refractivity contribution < 1.29 is 4.79 Å². The Bertz CT molecular complexity index is 491. The molecule has 0 saturated heterocycles. The van der Waals surface area contributed by atoms with E-state index < -0.39 is 0 Å². The molecule has 4 nitrogen and oxygen atoms in total. The second kappa shape index (κ2) is 5.21. The normalized spacial score (nSPS) is 10.1. The zero-order valence-electron chi connectivity index (χ0n) is 9.47. The average Bonchev–Trinajstić information content (AvgIpc) is 2.81. The maximum Gasteiger partial charge on any atom is 0.239 e. The van der Waals surface area contributed by atoms with Gasteiger partial charge >= 0.3 is 0 Å². The Morgan fingerprint density at radius 2 is 1.88 bits per heavy atom. The minimum absolute atomic E-state index is 0.0237. The number of benzene rings is 1. The van der Waals surface area contributed by atoms with E-state index in [1.54, 1.807) is 17.1 Å². The lowest BCUT2D eigenvalue weighted by Gasteiger charge is -2.07. The Morgan fingerprint density at radius 3 is 2.59 bits per heavy atom. The molecule has 0 bridgehead atoms. The molecule has 0 aliphatic heterocycles. The van der Waals surface area contributed by atoms with E-state index in [1.165, 1.54) is 0 Å². The van der Waals surface area contributed by atoms with E-state index in [0.29, 0.717) is 12.8 Å². The lowest BCUT2D eigenvalue weighted by Crippen LogP contribution is -2.21. The van der Waals surface area contributed by atoms with Gasteiger partial charge in [-0.25, -0.2) is 0 Å². The highest BCUT2D eigenvalue weighted by Gasteiger charge is 2.04. The molecule has 1 amide bonds. The number of nitrogen functional groups attached to an aromatic ring is 1. The van der Waals surface area contributed by atoms with Crippen LogP contribution in [0.15, 0.2) is 48.8 Å². The van der Waals surface area contributed by atoms with Crippen LogP contribution < -0.4 is 11.2 Å². The smallest absolute Gasteiger partial charge is 0.239 e. The van der Waals surface area contributed by atoms with E-state index in [9.17, 15) is 4.79 Å². The fourth-order valence-electron chi connectivity index (χ4n) is 1.62. The van der Waals surface area contributed by atoms with Crippen molar-refractivity contribution in [2.24, 2.45) is 0 Å². The minimum Gasteiger partial charge on any atom is -0.399 e. The van der Waals surface area contributed by atoms with E-state index in [0.717, 1.165) is 11.3 Å². The number of carbonyl (C=O) groups is 1. The number of hydrogen-bond donors (Lipinski definition) is 2. The van der Waals surface area contributed by atoms with Crippen molar-refractivity contribution in [1.82, 2.24) is 4.68 Å². The SMILES string of the molecule is Nc1ccccc1CCC(=O)Nn1cccc1. The summed E-state index contributed by atoms with van der Waals surface area (Å²) >= 11 is 0. The summed E-state index contributed by atoms with van der Waals surface area (Å²) in [5.41, 5.74) is 10.3. The van der Waals surface area contributed by atoms with E-state index >= 15 is 0 Å². The number of carbonyl (C=O) groups excluding carboxylic acids is 1. The minimum atomic E-state index is -0.0237. The van der Waals surface area contributed by atoms with Gasteiger partial charge in [0.05, 0.1) is 0 Å². The number of nitrogens with zero attached hydrogens (tertiary/aromatic N) is 1. The molecule has 2 rings (SSSR count). The Balaban J connectivity index is 1.86. The van der Waals surface area contributed by atoms with Crippen molar-refractivity contribution in [1.29, 1.82) is 0 Å². The summed E-state index contributed by atoms with van der Waals surface area (Å²) < 4.78 is 1.64. The zero-order valence-corrected chi connectivity index (χ0v) is 9.47. The van der Waals surface area contributed by atoms with Crippen LogP contribution in [0.2, 0.25) is 0 Å². The largest absolute Gasteiger partial charge is 0.399 e. The van der Waals surface area contributed by atoms with Gasteiger partial charge in [0.15, 0.2) is 0 Å². The molecule has 1 aromatic carbocycles. The zero-order chi connectivity index (χ0) is 12.1. The first-order valence-corrected chi connectivity index (χ1v) is 5.52. The van der Waals surface area contributed by atoms with Crippen molar-refractivity contribution in [2.75, 3.05) is 11.2 Å². The molecule has 0 unspecified atom stereocenters. The fraction of sp³-hybridized carbons (Fsp3) is 0.154. The van der Waals surface area contributed by atoms with Crippen molar-refractivity contribution >= 4 is 11.6 Å². The van der Waals surface area contributed by atoms with Gasteiger partial charge in [-0.05, 0) is 30.2 Å². The third-order valence-electron chi connectivity index (χ3n) is 2.53. The number of hydrogen-bond acceptors (Lipinski definition) is 2. The highest BCUT2D eigenvalue weighted by molar-refractivity contribution is 5.83. The van der Waals surface area contributed by atoms with Crippen LogP contribution in [0, 0.1) is 0 Å². The maximum atomic E-state index is 11.6. The summed E-state index contributed by atoms with van der Waals surface area (Å²) in [6, 6.07) is 11.3. The van der Waals surface area contributed by atoms with E-state index in [1.807, 2.05) is 36.4 Å². The first kappa shape index (κ1) is 11.3. The molecular formula is C13H15N3O. The highest BCUT2D eigenvalue weighted by atomic mass is 16.2. The average molecular weight is 229 g/mol. The molecule has 0 saturated carbocycles. The quantitative estimate of drug-likeness (QED) is 0.785. The number of anilines is 1. The molecule has 0 radical (unpaired) electrons. The van der Waals surface area contributed by atoms with Gasteiger partial charge in [-0.15, -0.1) is 0 Å². The van der Waals surface area contributed by atoms with Gasteiger partial charge in [-0.2, -0.15) is 0 Å². The topological polar surface area (TPSA) is 60.1 Å². The van der Waals surface area contributed by atoms with Crippen molar-refractivity contribution in [2.45, 2.75) is 12.8 Å². The first-order chi connectivity index (χ1) is 8.25. The van der Waals surface area contributed by atoms with Gasteiger partial charge in [0.25, 0.3) is 0 Å². The maximum absolute atomic E-state index is 11.6. The summed E-state index contributed by atoms with van der Waals surface area (Å²) in [7, 11) is 0.